The fraction of sp³-hybridized carbons (Fsp3) is 0.231. The van der Waals surface area contributed by atoms with Gasteiger partial charge >= 0.3 is 0 Å². The van der Waals surface area contributed by atoms with Crippen molar-refractivity contribution in [1.82, 2.24) is 9.78 Å². The molecule has 3 nitrogen and oxygen atoms in total. The molecule has 0 bridgehead atoms. The highest BCUT2D eigenvalue weighted by atomic mass is 35.5. The maximum absolute atomic E-state index is 8.81. The first-order valence-corrected chi connectivity index (χ1v) is 5.67. The molecule has 0 aliphatic heterocycles. The molecule has 1 aromatic carbocycles. The minimum atomic E-state index is 0.677. The van der Waals surface area contributed by atoms with Gasteiger partial charge in [0.1, 0.15) is 0 Å². The van der Waals surface area contributed by atoms with Gasteiger partial charge in [-0.25, -0.2) is 0 Å². The Morgan fingerprint density at radius 3 is 2.71 bits per heavy atom. The summed E-state index contributed by atoms with van der Waals surface area (Å²) in [5.74, 6) is 0. The Morgan fingerprint density at radius 2 is 2.18 bits per heavy atom. The molecular formula is C13H12ClN3. The van der Waals surface area contributed by atoms with E-state index in [-0.39, 0.29) is 0 Å². The summed E-state index contributed by atoms with van der Waals surface area (Å²) in [5.41, 5.74) is 3.87. The van der Waals surface area contributed by atoms with Crippen molar-refractivity contribution in [2.45, 2.75) is 20.4 Å². The summed E-state index contributed by atoms with van der Waals surface area (Å²) in [7, 11) is 0. The molecule has 0 N–H and O–H groups in total. The van der Waals surface area contributed by atoms with Crippen molar-refractivity contribution in [2.24, 2.45) is 0 Å². The SMILES string of the molecule is Cc1cc(C#N)ccc1Cn1ncc(Cl)c1C. The van der Waals surface area contributed by atoms with Crippen LogP contribution in [0, 0.1) is 25.2 Å². The molecular weight excluding hydrogens is 234 g/mol. The van der Waals surface area contributed by atoms with Crippen molar-refractivity contribution >= 4 is 11.6 Å². The van der Waals surface area contributed by atoms with Crippen LogP contribution < -0.4 is 0 Å². The van der Waals surface area contributed by atoms with Gasteiger partial charge in [0.2, 0.25) is 0 Å². The second-order valence-corrected chi connectivity index (χ2v) is 4.40. The van der Waals surface area contributed by atoms with E-state index in [1.165, 1.54) is 0 Å². The van der Waals surface area contributed by atoms with Crippen molar-refractivity contribution in [3.8, 4) is 6.07 Å². The molecule has 17 heavy (non-hydrogen) atoms. The molecule has 0 saturated heterocycles. The molecule has 1 aromatic heterocycles. The highest BCUT2D eigenvalue weighted by Crippen LogP contribution is 2.17. The van der Waals surface area contributed by atoms with Crippen molar-refractivity contribution in [2.75, 3.05) is 0 Å². The number of aromatic nitrogens is 2. The van der Waals surface area contributed by atoms with Gasteiger partial charge in [-0.1, -0.05) is 17.7 Å². The molecule has 0 amide bonds. The van der Waals surface area contributed by atoms with Crippen LogP contribution in [-0.2, 0) is 6.54 Å². The van der Waals surface area contributed by atoms with Crippen molar-refractivity contribution in [1.29, 1.82) is 5.26 Å². The van der Waals surface area contributed by atoms with E-state index >= 15 is 0 Å². The Hall–Kier alpha value is -1.79. The van der Waals surface area contributed by atoms with Crippen LogP contribution in [0.4, 0.5) is 0 Å². The Morgan fingerprint density at radius 1 is 1.41 bits per heavy atom. The van der Waals surface area contributed by atoms with E-state index < -0.39 is 0 Å². The third-order valence-corrected chi connectivity index (χ3v) is 3.21. The van der Waals surface area contributed by atoms with Crippen LogP contribution in [0.25, 0.3) is 0 Å². The molecule has 0 saturated carbocycles. The zero-order valence-corrected chi connectivity index (χ0v) is 10.5. The lowest BCUT2D eigenvalue weighted by atomic mass is 10.1. The summed E-state index contributed by atoms with van der Waals surface area (Å²) in [5, 5.41) is 13.7. The predicted octanol–water partition coefficient (Wildman–Crippen LogP) is 3.07. The van der Waals surface area contributed by atoms with Crippen LogP contribution in [0.5, 0.6) is 0 Å². The van der Waals surface area contributed by atoms with Crippen LogP contribution in [0.3, 0.4) is 0 Å². The van der Waals surface area contributed by atoms with Gasteiger partial charge in [-0.3, -0.25) is 4.68 Å². The zero-order chi connectivity index (χ0) is 12.4. The summed E-state index contributed by atoms with van der Waals surface area (Å²) in [6.45, 7) is 4.61. The first kappa shape index (κ1) is 11.7. The summed E-state index contributed by atoms with van der Waals surface area (Å²) in [6.07, 6.45) is 1.65. The normalized spacial score (nSPS) is 10.2. The predicted molar refractivity (Wildman–Crippen MR) is 67.0 cm³/mol. The zero-order valence-electron chi connectivity index (χ0n) is 9.74. The second kappa shape index (κ2) is 4.60. The second-order valence-electron chi connectivity index (χ2n) is 3.99. The largest absolute Gasteiger partial charge is 0.264 e. The molecule has 0 radical (unpaired) electrons. The van der Waals surface area contributed by atoms with Gasteiger partial charge in [-0.05, 0) is 37.1 Å². The van der Waals surface area contributed by atoms with E-state index in [1.54, 1.807) is 6.20 Å². The molecule has 0 fully saturated rings. The highest BCUT2D eigenvalue weighted by Gasteiger charge is 2.06. The standard InChI is InChI=1S/C13H12ClN3/c1-9-5-11(6-15)3-4-12(9)8-17-10(2)13(14)7-16-17/h3-5,7H,8H2,1-2H3. The molecule has 0 spiro atoms. The fourth-order valence-corrected chi connectivity index (χ4v) is 1.83. The lowest BCUT2D eigenvalue weighted by molar-refractivity contribution is 0.662. The van der Waals surface area contributed by atoms with Gasteiger partial charge in [-0.2, -0.15) is 10.4 Å². The summed E-state index contributed by atoms with van der Waals surface area (Å²) in [4.78, 5) is 0. The Labute approximate surface area is 105 Å². The lowest BCUT2D eigenvalue weighted by Crippen LogP contribution is -2.05. The van der Waals surface area contributed by atoms with Gasteiger partial charge in [0, 0.05) is 0 Å². The number of aryl methyl sites for hydroxylation is 1. The molecule has 0 aliphatic rings. The van der Waals surface area contributed by atoms with Gasteiger partial charge in [0.15, 0.2) is 0 Å². The van der Waals surface area contributed by atoms with Gasteiger partial charge in [-0.15, -0.1) is 0 Å². The smallest absolute Gasteiger partial charge is 0.0991 e. The Bertz CT molecular complexity index is 593. The molecule has 2 aromatic rings. The fourth-order valence-electron chi connectivity index (χ4n) is 1.69. The number of hydrogen-bond acceptors (Lipinski definition) is 2. The van der Waals surface area contributed by atoms with Gasteiger partial charge in [0.25, 0.3) is 0 Å². The van der Waals surface area contributed by atoms with Gasteiger partial charge < -0.3 is 0 Å². The number of benzene rings is 1. The number of hydrogen-bond donors (Lipinski definition) is 0. The third-order valence-electron chi connectivity index (χ3n) is 2.84. The minimum absolute atomic E-state index is 0.677. The van der Waals surface area contributed by atoms with E-state index in [0.29, 0.717) is 17.1 Å². The van der Waals surface area contributed by atoms with Crippen LogP contribution in [-0.4, -0.2) is 9.78 Å². The van der Waals surface area contributed by atoms with E-state index in [9.17, 15) is 0 Å². The minimum Gasteiger partial charge on any atom is -0.264 e. The van der Waals surface area contributed by atoms with Crippen LogP contribution >= 0.6 is 11.6 Å². The van der Waals surface area contributed by atoms with Crippen molar-refractivity contribution < 1.29 is 0 Å². The maximum atomic E-state index is 8.81. The van der Waals surface area contributed by atoms with Crippen LogP contribution in [0.15, 0.2) is 24.4 Å². The van der Waals surface area contributed by atoms with E-state index in [4.69, 9.17) is 16.9 Å². The highest BCUT2D eigenvalue weighted by molar-refractivity contribution is 6.31. The molecule has 1 heterocycles. The topological polar surface area (TPSA) is 41.6 Å². The molecule has 2 rings (SSSR count). The van der Waals surface area contributed by atoms with E-state index in [1.807, 2.05) is 36.7 Å². The van der Waals surface area contributed by atoms with E-state index in [2.05, 4.69) is 11.2 Å². The number of nitriles is 1. The average molecular weight is 246 g/mol. The third kappa shape index (κ3) is 2.32. The van der Waals surface area contributed by atoms with Crippen molar-refractivity contribution in [3.63, 3.8) is 0 Å². The molecule has 4 heteroatoms. The maximum Gasteiger partial charge on any atom is 0.0991 e. The average Bonchev–Trinajstić information content (AvgIpc) is 2.63. The van der Waals surface area contributed by atoms with Crippen molar-refractivity contribution in [3.05, 3.63) is 51.8 Å². The Kier molecular flexibility index (Phi) is 3.16. The van der Waals surface area contributed by atoms with Crippen LogP contribution in [0.2, 0.25) is 5.02 Å². The van der Waals surface area contributed by atoms with Crippen LogP contribution in [0.1, 0.15) is 22.4 Å². The summed E-state index contributed by atoms with van der Waals surface area (Å²) >= 11 is 5.96. The summed E-state index contributed by atoms with van der Waals surface area (Å²) < 4.78 is 1.86. The molecule has 86 valence electrons. The number of rotatable bonds is 2. The molecule has 0 aliphatic carbocycles. The lowest BCUT2D eigenvalue weighted by Gasteiger charge is -2.08. The summed E-state index contributed by atoms with van der Waals surface area (Å²) in [6, 6.07) is 7.80. The Balaban J connectivity index is 2.31. The first-order valence-electron chi connectivity index (χ1n) is 5.29. The molecule has 0 unspecified atom stereocenters. The monoisotopic (exact) mass is 245 g/mol. The van der Waals surface area contributed by atoms with E-state index in [0.717, 1.165) is 16.8 Å². The number of nitrogens with zero attached hydrogens (tertiary/aromatic N) is 3. The number of halogens is 1. The molecule has 0 atom stereocenters. The first-order chi connectivity index (χ1) is 8.11. The van der Waals surface area contributed by atoms with Gasteiger partial charge in [0.05, 0.1) is 35.1 Å². The quantitative estimate of drug-likeness (QED) is 0.816.